The van der Waals surface area contributed by atoms with E-state index < -0.39 is 11.2 Å². The first-order valence-electron chi connectivity index (χ1n) is 4.49. The molecule has 0 aliphatic carbocycles. The van der Waals surface area contributed by atoms with Crippen LogP contribution in [-0.4, -0.2) is 15.8 Å². The number of fused-ring (bicyclic) bond motifs is 1. The molecule has 0 saturated heterocycles. The summed E-state index contributed by atoms with van der Waals surface area (Å²) in [4.78, 5) is 36.2. The Morgan fingerprint density at radius 2 is 2.12 bits per heavy atom. The lowest BCUT2D eigenvalue weighted by Crippen LogP contribution is -2.35. The largest absolute Gasteiger partial charge is 0.329 e. The third kappa shape index (κ3) is 1.71. The molecule has 1 aromatic heterocycles. The fourth-order valence-corrected chi connectivity index (χ4v) is 1.83. The van der Waals surface area contributed by atoms with Gasteiger partial charge >= 0.3 is 5.69 Å². The summed E-state index contributed by atoms with van der Waals surface area (Å²) in [6.07, 6.45) is 0.515. The second-order valence-electron chi connectivity index (χ2n) is 3.20. The van der Waals surface area contributed by atoms with Crippen LogP contribution in [0.25, 0.3) is 10.9 Å². The van der Waals surface area contributed by atoms with Crippen LogP contribution in [0.3, 0.4) is 0 Å². The number of benzene rings is 1. The predicted molar refractivity (Wildman–Crippen MR) is 62.6 cm³/mol. The Kier molecular flexibility index (Phi) is 2.74. The van der Waals surface area contributed by atoms with Crippen molar-refractivity contribution in [2.45, 2.75) is 6.54 Å². The third-order valence-electron chi connectivity index (χ3n) is 2.20. The van der Waals surface area contributed by atoms with Gasteiger partial charge in [0.15, 0.2) is 0 Å². The van der Waals surface area contributed by atoms with E-state index in [0.29, 0.717) is 17.2 Å². The molecule has 0 saturated carbocycles. The van der Waals surface area contributed by atoms with Crippen molar-refractivity contribution >= 4 is 33.1 Å². The maximum Gasteiger partial charge on any atom is 0.329 e. The smallest absolute Gasteiger partial charge is 0.307 e. The summed E-state index contributed by atoms with van der Waals surface area (Å²) in [5, 5.41) is 0.379. The van der Waals surface area contributed by atoms with Gasteiger partial charge in [-0.1, -0.05) is 15.9 Å². The van der Waals surface area contributed by atoms with E-state index in [-0.39, 0.29) is 6.54 Å². The van der Waals surface area contributed by atoms with Gasteiger partial charge in [0.25, 0.3) is 5.56 Å². The average molecular weight is 283 g/mol. The van der Waals surface area contributed by atoms with Crippen LogP contribution in [0.5, 0.6) is 0 Å². The average Bonchev–Trinajstić information content (AvgIpc) is 2.23. The zero-order chi connectivity index (χ0) is 11.7. The van der Waals surface area contributed by atoms with Crippen LogP contribution >= 0.6 is 15.9 Å². The van der Waals surface area contributed by atoms with E-state index in [2.05, 4.69) is 20.9 Å². The number of carbonyl (C=O) groups excluding carboxylic acids is 1. The van der Waals surface area contributed by atoms with E-state index in [1.54, 1.807) is 18.2 Å². The summed E-state index contributed by atoms with van der Waals surface area (Å²) in [6, 6.07) is 4.94. The van der Waals surface area contributed by atoms with Crippen LogP contribution in [0.4, 0.5) is 0 Å². The van der Waals surface area contributed by atoms with Gasteiger partial charge in [-0.25, -0.2) is 4.79 Å². The van der Waals surface area contributed by atoms with Crippen molar-refractivity contribution < 1.29 is 4.79 Å². The summed E-state index contributed by atoms with van der Waals surface area (Å²) in [6.45, 7) is -0.236. The normalized spacial score (nSPS) is 10.6. The van der Waals surface area contributed by atoms with E-state index >= 15 is 0 Å². The Labute approximate surface area is 97.8 Å². The molecule has 0 amide bonds. The lowest BCUT2D eigenvalue weighted by molar-refractivity contribution is -0.108. The minimum atomic E-state index is -0.581. The predicted octanol–water partition coefficient (Wildman–Crippen LogP) is 0.651. The lowest BCUT2D eigenvalue weighted by Gasteiger charge is -2.02. The highest BCUT2D eigenvalue weighted by Gasteiger charge is 2.06. The molecule has 0 atom stereocenters. The second kappa shape index (κ2) is 4.05. The third-order valence-corrected chi connectivity index (χ3v) is 2.69. The maximum atomic E-state index is 11.8. The van der Waals surface area contributed by atoms with Gasteiger partial charge < -0.3 is 9.78 Å². The number of carbonyl (C=O) groups is 1. The van der Waals surface area contributed by atoms with E-state index in [9.17, 15) is 14.4 Å². The monoisotopic (exact) mass is 282 g/mol. The number of aromatic nitrogens is 2. The first kappa shape index (κ1) is 10.8. The standard InChI is InChI=1S/C10H7BrN2O3/c11-6-1-2-7-8(5-6)12-10(16)13(3-4-14)9(7)15/h1-2,4-5H,3H2,(H,12,16). The molecule has 0 unspecified atom stereocenters. The van der Waals surface area contributed by atoms with Crippen LogP contribution in [-0.2, 0) is 11.3 Å². The molecule has 0 bridgehead atoms. The fraction of sp³-hybridized carbons (Fsp3) is 0.100. The molecule has 1 N–H and O–H groups in total. The molecule has 2 aromatic rings. The Bertz CT molecular complexity index is 672. The Balaban J connectivity index is 2.89. The molecule has 0 fully saturated rings. The SMILES string of the molecule is O=CCn1c(=O)[nH]c2cc(Br)ccc2c1=O. The Hall–Kier alpha value is -1.69. The first-order valence-corrected chi connectivity index (χ1v) is 5.29. The molecule has 16 heavy (non-hydrogen) atoms. The highest BCUT2D eigenvalue weighted by atomic mass is 79.9. The Morgan fingerprint density at radius 3 is 2.81 bits per heavy atom. The van der Waals surface area contributed by atoms with Crippen LogP contribution in [0.15, 0.2) is 32.3 Å². The van der Waals surface area contributed by atoms with Crippen molar-refractivity contribution in [3.8, 4) is 0 Å². The van der Waals surface area contributed by atoms with E-state index in [1.165, 1.54) is 0 Å². The molecular formula is C10H7BrN2O3. The van der Waals surface area contributed by atoms with Gasteiger partial charge in [0.2, 0.25) is 0 Å². The van der Waals surface area contributed by atoms with Crippen LogP contribution in [0.2, 0.25) is 0 Å². The molecule has 0 aliphatic heterocycles. The molecular weight excluding hydrogens is 276 g/mol. The quantitative estimate of drug-likeness (QED) is 0.822. The maximum absolute atomic E-state index is 11.8. The number of aromatic amines is 1. The number of hydrogen-bond donors (Lipinski definition) is 1. The number of H-pyrrole nitrogens is 1. The van der Waals surface area contributed by atoms with Crippen molar-refractivity contribution in [3.63, 3.8) is 0 Å². The number of halogens is 1. The van der Waals surface area contributed by atoms with Crippen molar-refractivity contribution in [2.75, 3.05) is 0 Å². The molecule has 6 heteroatoms. The minimum Gasteiger partial charge on any atom is -0.307 e. The summed E-state index contributed by atoms with van der Waals surface area (Å²) in [5.74, 6) is 0. The Morgan fingerprint density at radius 1 is 1.38 bits per heavy atom. The van der Waals surface area contributed by atoms with E-state index in [1.807, 2.05) is 0 Å². The number of nitrogens with one attached hydrogen (secondary N) is 1. The molecule has 0 spiro atoms. The topological polar surface area (TPSA) is 71.9 Å². The lowest BCUT2D eigenvalue weighted by atomic mass is 10.2. The van der Waals surface area contributed by atoms with Crippen molar-refractivity contribution in [1.29, 1.82) is 0 Å². The molecule has 1 aromatic carbocycles. The second-order valence-corrected chi connectivity index (χ2v) is 4.12. The zero-order valence-corrected chi connectivity index (χ0v) is 9.65. The van der Waals surface area contributed by atoms with Crippen molar-refractivity contribution in [3.05, 3.63) is 43.5 Å². The fourth-order valence-electron chi connectivity index (χ4n) is 1.47. The summed E-state index contributed by atoms with van der Waals surface area (Å²) in [7, 11) is 0. The highest BCUT2D eigenvalue weighted by Crippen LogP contribution is 2.13. The van der Waals surface area contributed by atoms with Gasteiger partial charge in [0, 0.05) is 4.47 Å². The number of aldehydes is 1. The van der Waals surface area contributed by atoms with Gasteiger partial charge in [0.1, 0.15) is 6.29 Å². The molecule has 1 heterocycles. The highest BCUT2D eigenvalue weighted by molar-refractivity contribution is 9.10. The van der Waals surface area contributed by atoms with Gasteiger partial charge in [-0.3, -0.25) is 9.36 Å². The first-order chi connectivity index (χ1) is 7.63. The van der Waals surface area contributed by atoms with E-state index in [0.717, 1.165) is 9.04 Å². The van der Waals surface area contributed by atoms with Gasteiger partial charge in [-0.2, -0.15) is 0 Å². The number of hydrogen-bond acceptors (Lipinski definition) is 3. The number of nitrogens with zero attached hydrogens (tertiary/aromatic N) is 1. The summed E-state index contributed by atoms with van der Waals surface area (Å²) >= 11 is 3.24. The molecule has 0 radical (unpaired) electrons. The minimum absolute atomic E-state index is 0.236. The van der Waals surface area contributed by atoms with Crippen LogP contribution in [0, 0.1) is 0 Å². The van der Waals surface area contributed by atoms with Crippen LogP contribution in [0.1, 0.15) is 0 Å². The van der Waals surface area contributed by atoms with Crippen molar-refractivity contribution in [1.82, 2.24) is 9.55 Å². The van der Waals surface area contributed by atoms with Gasteiger partial charge in [0.05, 0.1) is 17.4 Å². The molecule has 82 valence electrons. The summed E-state index contributed by atoms with van der Waals surface area (Å²) in [5.41, 5.74) is -0.590. The van der Waals surface area contributed by atoms with Gasteiger partial charge in [-0.15, -0.1) is 0 Å². The summed E-state index contributed by atoms with van der Waals surface area (Å²) < 4.78 is 1.63. The van der Waals surface area contributed by atoms with Crippen LogP contribution < -0.4 is 11.2 Å². The van der Waals surface area contributed by atoms with Gasteiger partial charge in [-0.05, 0) is 18.2 Å². The number of rotatable bonds is 2. The van der Waals surface area contributed by atoms with E-state index in [4.69, 9.17) is 0 Å². The van der Waals surface area contributed by atoms with Crippen molar-refractivity contribution in [2.24, 2.45) is 0 Å². The molecule has 0 aliphatic rings. The molecule has 2 rings (SSSR count). The molecule has 5 nitrogen and oxygen atoms in total. The zero-order valence-electron chi connectivity index (χ0n) is 8.07.